The fourth-order valence-corrected chi connectivity index (χ4v) is 6.70. The van der Waals surface area contributed by atoms with E-state index in [9.17, 15) is 33.2 Å². The van der Waals surface area contributed by atoms with Crippen LogP contribution in [0.4, 0.5) is 0 Å². The Labute approximate surface area is 341 Å². The summed E-state index contributed by atoms with van der Waals surface area (Å²) in [6.07, 6.45) is 9.40. The largest absolute Gasteiger partial charge is 0.361 e. The number of nitrogens with zero attached hydrogens (tertiary/aromatic N) is 15. The second-order valence-electron chi connectivity index (χ2n) is 12.9. The quantitative estimate of drug-likeness (QED) is 0.0789. The van der Waals surface area contributed by atoms with Crippen LogP contribution < -0.4 is 0 Å². The van der Waals surface area contributed by atoms with E-state index in [4.69, 9.17) is 0 Å². The van der Waals surface area contributed by atoms with Gasteiger partial charge in [0.2, 0.25) is 0 Å². The van der Waals surface area contributed by atoms with Crippen LogP contribution in [0.3, 0.4) is 0 Å². The Hall–Kier alpha value is -9.39. The highest BCUT2D eigenvalue weighted by atomic mass is 14.9. The summed E-state index contributed by atoms with van der Waals surface area (Å²) in [5.41, 5.74) is 68.4. The van der Waals surface area contributed by atoms with E-state index in [1.807, 2.05) is 0 Å². The Balaban J connectivity index is 1.40. The monoisotopic (exact) mass is 777 g/mol. The minimum Gasteiger partial charge on any atom is -0.361 e. The molecule has 0 radical (unpaired) electrons. The average molecular weight is 778 g/mol. The molecule has 4 aromatic carbocycles. The van der Waals surface area contributed by atoms with Gasteiger partial charge in [0.05, 0.1) is 66.8 Å². The molecule has 0 aliphatic carbocycles. The van der Waals surface area contributed by atoms with E-state index in [-0.39, 0.29) is 34.3 Å². The topological polar surface area (TPSA) is 257 Å². The van der Waals surface area contributed by atoms with Gasteiger partial charge in [-0.05, 0) is 109 Å². The number of hydrogen-bond donors (Lipinski definition) is 0. The van der Waals surface area contributed by atoms with Crippen molar-refractivity contribution in [1.29, 1.82) is 0 Å². The van der Waals surface area contributed by atoms with Gasteiger partial charge >= 0.3 is 34.3 Å². The molecular formula is C45H27N15. The fraction of sp³-hybridized carbons (Fsp3) is 0. The Morgan fingerprint density at radius 2 is 0.433 bits per heavy atom. The Morgan fingerprint density at radius 1 is 0.250 bits per heavy atom. The van der Waals surface area contributed by atoms with Crippen LogP contribution in [0.15, 0.2) is 165 Å². The SMILES string of the molecule is [N-]=[N+]=C(c1ccncc1)c1cccc(C(=[N+]=[N-])c2cc(C(=[N+]=[N-])c3cccc(C(=[N+]=[N-])c4ccncc4)c3)cc(C(=[N+]=[N-])c3cccc(C(=[N+]=[N-])c4ccncc4)c3)c2)c1. The van der Waals surface area contributed by atoms with Crippen molar-refractivity contribution in [3.8, 4) is 0 Å². The lowest BCUT2D eigenvalue weighted by Crippen LogP contribution is -2.15. The minimum absolute atomic E-state index is 0.0591. The van der Waals surface area contributed by atoms with E-state index in [1.165, 1.54) is 0 Å². The minimum atomic E-state index is 0.0591. The molecule has 0 aliphatic rings. The van der Waals surface area contributed by atoms with E-state index in [1.54, 1.807) is 165 Å². The molecule has 60 heavy (non-hydrogen) atoms. The predicted molar refractivity (Wildman–Crippen MR) is 219 cm³/mol. The van der Waals surface area contributed by atoms with Crippen LogP contribution in [0.2, 0.25) is 0 Å². The standard InChI is InChI=1S/C45H27N15/c46-55-40(28-10-16-52-17-11-28)31-4-1-7-34(22-31)43(58-49)37-25-38(44(59-50)35-8-2-5-32(23-35)41(56-47)29-12-18-53-19-13-29)27-39(26-37)45(60-51)36-9-3-6-33(24-36)42(57-48)30-14-20-54-21-15-30/h1-27H. The Morgan fingerprint density at radius 3 is 0.633 bits per heavy atom. The molecule has 0 fully saturated rings. The first-order chi connectivity index (χ1) is 29.5. The molecule has 0 N–H and O–H groups in total. The third-order valence-electron chi connectivity index (χ3n) is 9.44. The highest BCUT2D eigenvalue weighted by Crippen LogP contribution is 2.23. The lowest BCUT2D eigenvalue weighted by molar-refractivity contribution is -0.00356. The highest BCUT2D eigenvalue weighted by molar-refractivity contribution is 6.19. The first-order valence-corrected chi connectivity index (χ1v) is 18.0. The molecule has 3 aromatic heterocycles. The number of hydrogen-bond acceptors (Lipinski definition) is 3. The average Bonchev–Trinajstić information content (AvgIpc) is 3.30. The molecule has 0 amide bonds. The van der Waals surface area contributed by atoms with Crippen LogP contribution in [-0.2, 0) is 0 Å². The molecule has 0 saturated heterocycles. The molecule has 7 aromatic rings. The third-order valence-corrected chi connectivity index (χ3v) is 9.44. The van der Waals surface area contributed by atoms with Crippen molar-refractivity contribution in [3.63, 3.8) is 0 Å². The summed E-state index contributed by atoms with van der Waals surface area (Å²) in [6, 6.07) is 35.5. The Bertz CT molecular complexity index is 2760. The maximum Gasteiger partial charge on any atom is 0.329 e. The normalized spacial score (nSPS) is 10.0. The molecule has 7 rings (SSSR count). The zero-order valence-corrected chi connectivity index (χ0v) is 31.3. The lowest BCUT2D eigenvalue weighted by Gasteiger charge is -2.07. The van der Waals surface area contributed by atoms with Gasteiger partial charge in [0.15, 0.2) is 0 Å². The predicted octanol–water partition coefficient (Wildman–Crippen LogP) is 6.27. The molecule has 0 bridgehead atoms. The van der Waals surface area contributed by atoms with E-state index in [0.29, 0.717) is 66.8 Å². The molecule has 0 atom stereocenters. The van der Waals surface area contributed by atoms with Gasteiger partial charge in [-0.2, -0.15) is 28.7 Å². The molecule has 15 heteroatoms. The first-order valence-electron chi connectivity index (χ1n) is 18.0. The zero-order valence-electron chi connectivity index (χ0n) is 31.3. The van der Waals surface area contributed by atoms with Gasteiger partial charge in [-0.1, -0.05) is 18.2 Å². The van der Waals surface area contributed by atoms with Crippen molar-refractivity contribution in [2.24, 2.45) is 0 Å². The summed E-state index contributed by atoms with van der Waals surface area (Å²) < 4.78 is 0. The third kappa shape index (κ3) is 8.10. The van der Waals surface area contributed by atoms with E-state index < -0.39 is 0 Å². The van der Waals surface area contributed by atoms with E-state index in [0.717, 1.165) is 0 Å². The maximum atomic E-state index is 10.7. The van der Waals surface area contributed by atoms with Crippen molar-refractivity contribution < 1.29 is 28.7 Å². The van der Waals surface area contributed by atoms with E-state index >= 15 is 0 Å². The van der Waals surface area contributed by atoms with Gasteiger partial charge in [0, 0.05) is 37.2 Å². The van der Waals surface area contributed by atoms with Crippen LogP contribution in [0.25, 0.3) is 33.2 Å². The molecule has 282 valence electrons. The zero-order chi connectivity index (χ0) is 41.8. The number of rotatable bonds is 12. The number of pyridine rings is 3. The summed E-state index contributed by atoms with van der Waals surface area (Å²) in [4.78, 5) is 33.8. The summed E-state index contributed by atoms with van der Waals surface area (Å²) in [6.45, 7) is 0. The summed E-state index contributed by atoms with van der Waals surface area (Å²) >= 11 is 0. The van der Waals surface area contributed by atoms with Crippen molar-refractivity contribution >= 4 is 34.3 Å². The van der Waals surface area contributed by atoms with E-state index in [2.05, 4.69) is 43.7 Å². The second kappa shape index (κ2) is 18.0. The van der Waals surface area contributed by atoms with Gasteiger partial charge in [-0.3, -0.25) is 15.0 Å². The van der Waals surface area contributed by atoms with Crippen LogP contribution in [0.5, 0.6) is 0 Å². The van der Waals surface area contributed by atoms with Gasteiger partial charge < -0.3 is 33.2 Å². The smallest absolute Gasteiger partial charge is 0.329 e. The van der Waals surface area contributed by atoms with Crippen molar-refractivity contribution in [1.82, 2.24) is 15.0 Å². The molecule has 15 nitrogen and oxygen atoms in total. The summed E-state index contributed by atoms with van der Waals surface area (Å²) in [5, 5.41) is 0. The van der Waals surface area contributed by atoms with Crippen molar-refractivity contribution in [2.45, 2.75) is 0 Å². The van der Waals surface area contributed by atoms with Gasteiger partial charge in [-0.15, -0.1) is 0 Å². The van der Waals surface area contributed by atoms with Crippen LogP contribution >= 0.6 is 0 Å². The fourth-order valence-electron chi connectivity index (χ4n) is 6.70. The first kappa shape index (κ1) is 38.9. The molecule has 0 aliphatic heterocycles. The second-order valence-corrected chi connectivity index (χ2v) is 12.9. The van der Waals surface area contributed by atoms with Crippen LogP contribution in [0.1, 0.15) is 66.8 Å². The van der Waals surface area contributed by atoms with Gasteiger partial charge in [0.1, 0.15) is 0 Å². The molecule has 0 saturated carbocycles. The van der Waals surface area contributed by atoms with Crippen LogP contribution in [0, 0.1) is 0 Å². The van der Waals surface area contributed by atoms with Crippen molar-refractivity contribution in [3.05, 3.63) is 265 Å². The molecule has 0 spiro atoms. The lowest BCUT2D eigenvalue weighted by atomic mass is 9.89. The Kier molecular flexibility index (Phi) is 11.7. The number of benzene rings is 4. The maximum absolute atomic E-state index is 10.7. The molecule has 3 heterocycles. The van der Waals surface area contributed by atoms with Gasteiger partial charge in [-0.25, -0.2) is 0 Å². The summed E-state index contributed by atoms with van der Waals surface area (Å²) in [7, 11) is 0. The summed E-state index contributed by atoms with van der Waals surface area (Å²) in [5.74, 6) is 0. The number of aromatic nitrogens is 3. The molecular weight excluding hydrogens is 751 g/mol. The van der Waals surface area contributed by atoms with Crippen LogP contribution in [-0.4, -0.2) is 78.0 Å². The van der Waals surface area contributed by atoms with Crippen molar-refractivity contribution in [2.75, 3.05) is 0 Å². The highest BCUT2D eigenvalue weighted by Gasteiger charge is 2.29. The molecule has 0 unspecified atom stereocenters. The van der Waals surface area contributed by atoms with Gasteiger partial charge in [0.25, 0.3) is 0 Å².